The number of primary amides is 1. The van der Waals surface area contributed by atoms with Crippen molar-refractivity contribution in [1.82, 2.24) is 0 Å². The predicted molar refractivity (Wildman–Crippen MR) is 90.9 cm³/mol. The summed E-state index contributed by atoms with van der Waals surface area (Å²) in [4.78, 5) is 11.2. The maximum Gasteiger partial charge on any atom is 0.248 e. The molecule has 0 spiro atoms. The number of hydrogen-bond acceptors (Lipinski definition) is 2. The number of amides is 1. The Bertz CT molecular complexity index is 826. The van der Waals surface area contributed by atoms with Crippen LogP contribution in [0.2, 0.25) is 0 Å². The van der Waals surface area contributed by atoms with Crippen LogP contribution < -0.4 is 11.1 Å². The molecule has 0 aromatic heterocycles. The number of carbonyl (C=O) groups is 1. The number of hydrogen-bond donors (Lipinski definition) is 2. The molecule has 0 bridgehead atoms. The Morgan fingerprint density at radius 2 is 1.73 bits per heavy atom. The van der Waals surface area contributed by atoms with Crippen LogP contribution in [0.4, 0.5) is 5.69 Å². The zero-order valence-electron chi connectivity index (χ0n) is 12.4. The van der Waals surface area contributed by atoms with E-state index in [0.717, 1.165) is 5.69 Å². The number of rotatable bonds is 4. The van der Waals surface area contributed by atoms with Crippen molar-refractivity contribution >= 4 is 22.4 Å². The Morgan fingerprint density at radius 1 is 0.955 bits per heavy atom. The van der Waals surface area contributed by atoms with Crippen molar-refractivity contribution in [3.05, 3.63) is 77.9 Å². The first-order valence-corrected chi connectivity index (χ1v) is 7.28. The first-order chi connectivity index (χ1) is 10.6. The summed E-state index contributed by atoms with van der Waals surface area (Å²) in [7, 11) is 0. The third-order valence-electron chi connectivity index (χ3n) is 3.80. The molecule has 3 aromatic carbocycles. The Kier molecular flexibility index (Phi) is 3.79. The van der Waals surface area contributed by atoms with Gasteiger partial charge in [-0.15, -0.1) is 0 Å². The van der Waals surface area contributed by atoms with Gasteiger partial charge in [-0.25, -0.2) is 0 Å². The lowest BCUT2D eigenvalue weighted by Gasteiger charge is -2.17. The summed E-state index contributed by atoms with van der Waals surface area (Å²) in [5.41, 5.74) is 7.91. The van der Waals surface area contributed by atoms with Gasteiger partial charge in [-0.1, -0.05) is 42.5 Å². The van der Waals surface area contributed by atoms with Crippen molar-refractivity contribution in [2.24, 2.45) is 5.73 Å². The molecule has 0 aliphatic rings. The summed E-state index contributed by atoms with van der Waals surface area (Å²) >= 11 is 0. The van der Waals surface area contributed by atoms with Crippen LogP contribution in [-0.2, 0) is 0 Å². The Labute approximate surface area is 129 Å². The van der Waals surface area contributed by atoms with E-state index in [9.17, 15) is 4.79 Å². The zero-order valence-corrected chi connectivity index (χ0v) is 12.4. The van der Waals surface area contributed by atoms with E-state index >= 15 is 0 Å². The second-order valence-corrected chi connectivity index (χ2v) is 5.42. The van der Waals surface area contributed by atoms with Crippen molar-refractivity contribution < 1.29 is 4.79 Å². The van der Waals surface area contributed by atoms with Gasteiger partial charge >= 0.3 is 0 Å². The third kappa shape index (κ3) is 2.93. The summed E-state index contributed by atoms with van der Waals surface area (Å²) in [6, 6.07) is 22.1. The lowest BCUT2D eigenvalue weighted by molar-refractivity contribution is 0.100. The maximum absolute atomic E-state index is 11.2. The van der Waals surface area contributed by atoms with Crippen LogP contribution in [0.5, 0.6) is 0 Å². The van der Waals surface area contributed by atoms with Gasteiger partial charge in [-0.05, 0) is 47.5 Å². The van der Waals surface area contributed by atoms with E-state index in [1.165, 1.54) is 16.3 Å². The van der Waals surface area contributed by atoms with E-state index < -0.39 is 5.91 Å². The Hall–Kier alpha value is -2.81. The van der Waals surface area contributed by atoms with E-state index in [0.29, 0.717) is 5.56 Å². The van der Waals surface area contributed by atoms with Gasteiger partial charge in [0.25, 0.3) is 0 Å². The highest BCUT2D eigenvalue weighted by Crippen LogP contribution is 2.23. The van der Waals surface area contributed by atoms with Gasteiger partial charge in [-0.2, -0.15) is 0 Å². The predicted octanol–water partition coefficient (Wildman–Crippen LogP) is 4.11. The summed E-state index contributed by atoms with van der Waals surface area (Å²) in [6.45, 7) is 2.10. The molecule has 0 heterocycles. The van der Waals surface area contributed by atoms with Gasteiger partial charge in [0.05, 0.1) is 0 Å². The molecule has 0 radical (unpaired) electrons. The lowest BCUT2D eigenvalue weighted by Crippen LogP contribution is -2.12. The van der Waals surface area contributed by atoms with Crippen LogP contribution >= 0.6 is 0 Å². The second kappa shape index (κ2) is 5.90. The molecule has 0 aliphatic carbocycles. The minimum atomic E-state index is -0.415. The van der Waals surface area contributed by atoms with Gasteiger partial charge < -0.3 is 11.1 Å². The number of fused-ring (bicyclic) bond motifs is 1. The van der Waals surface area contributed by atoms with Crippen LogP contribution in [0.1, 0.15) is 28.9 Å². The van der Waals surface area contributed by atoms with Crippen molar-refractivity contribution in [1.29, 1.82) is 0 Å². The quantitative estimate of drug-likeness (QED) is 0.759. The minimum absolute atomic E-state index is 0.132. The summed E-state index contributed by atoms with van der Waals surface area (Å²) < 4.78 is 0. The molecule has 1 atom stereocenters. The number of benzene rings is 3. The summed E-state index contributed by atoms with van der Waals surface area (Å²) in [5, 5.41) is 5.86. The molecule has 3 nitrogen and oxygen atoms in total. The molecule has 3 aromatic rings. The molecule has 0 unspecified atom stereocenters. The highest BCUT2D eigenvalue weighted by Gasteiger charge is 2.07. The average Bonchev–Trinajstić information content (AvgIpc) is 2.54. The number of nitrogens with two attached hydrogens (primary N) is 1. The van der Waals surface area contributed by atoms with Gasteiger partial charge in [0.2, 0.25) is 5.91 Å². The number of nitrogens with one attached hydrogen (secondary N) is 1. The van der Waals surface area contributed by atoms with Gasteiger partial charge in [-0.3, -0.25) is 4.79 Å². The van der Waals surface area contributed by atoms with Crippen LogP contribution in [-0.4, -0.2) is 5.91 Å². The molecule has 0 fully saturated rings. The Balaban J connectivity index is 1.85. The number of anilines is 1. The maximum atomic E-state index is 11.2. The van der Waals surface area contributed by atoms with Gasteiger partial charge in [0.1, 0.15) is 0 Å². The fourth-order valence-electron chi connectivity index (χ4n) is 2.57. The standard InChI is InChI=1S/C19H18N2O/c1-13(21-18-8-4-7-17(12-18)19(20)22)15-10-9-14-5-2-3-6-16(14)11-15/h2-13,21H,1H3,(H2,20,22)/t13-/m0/s1. The molecule has 22 heavy (non-hydrogen) atoms. The molecule has 0 saturated carbocycles. The zero-order chi connectivity index (χ0) is 15.5. The topological polar surface area (TPSA) is 55.1 Å². The Morgan fingerprint density at radius 3 is 2.50 bits per heavy atom. The van der Waals surface area contributed by atoms with Crippen molar-refractivity contribution in [2.75, 3.05) is 5.32 Å². The smallest absolute Gasteiger partial charge is 0.248 e. The van der Waals surface area contributed by atoms with Crippen LogP contribution in [0.3, 0.4) is 0 Å². The molecule has 110 valence electrons. The highest BCUT2D eigenvalue weighted by atomic mass is 16.1. The molecule has 0 saturated heterocycles. The molecule has 1 amide bonds. The minimum Gasteiger partial charge on any atom is -0.379 e. The van der Waals surface area contributed by atoms with E-state index in [2.05, 4.69) is 42.6 Å². The van der Waals surface area contributed by atoms with Crippen LogP contribution in [0, 0.1) is 0 Å². The first kappa shape index (κ1) is 14.1. The van der Waals surface area contributed by atoms with E-state index in [1.54, 1.807) is 12.1 Å². The van der Waals surface area contributed by atoms with E-state index in [1.807, 2.05) is 24.3 Å². The van der Waals surface area contributed by atoms with Crippen molar-refractivity contribution in [3.63, 3.8) is 0 Å². The second-order valence-electron chi connectivity index (χ2n) is 5.42. The van der Waals surface area contributed by atoms with Crippen molar-refractivity contribution in [3.8, 4) is 0 Å². The van der Waals surface area contributed by atoms with E-state index in [4.69, 9.17) is 5.73 Å². The largest absolute Gasteiger partial charge is 0.379 e. The highest BCUT2D eigenvalue weighted by molar-refractivity contribution is 5.93. The molecule has 3 N–H and O–H groups in total. The molecular weight excluding hydrogens is 272 g/mol. The normalized spacial score (nSPS) is 12.0. The summed E-state index contributed by atoms with van der Waals surface area (Å²) in [6.07, 6.45) is 0. The monoisotopic (exact) mass is 290 g/mol. The van der Waals surface area contributed by atoms with Gasteiger partial charge in [0.15, 0.2) is 0 Å². The SMILES string of the molecule is C[C@H](Nc1cccc(C(N)=O)c1)c1ccc2ccccc2c1. The van der Waals surface area contributed by atoms with E-state index in [-0.39, 0.29) is 6.04 Å². The molecule has 3 heteroatoms. The molecule has 0 aliphatic heterocycles. The van der Waals surface area contributed by atoms with Crippen LogP contribution in [0.15, 0.2) is 66.7 Å². The van der Waals surface area contributed by atoms with Crippen molar-refractivity contribution in [2.45, 2.75) is 13.0 Å². The third-order valence-corrected chi connectivity index (χ3v) is 3.80. The van der Waals surface area contributed by atoms with Crippen LogP contribution in [0.25, 0.3) is 10.8 Å². The average molecular weight is 290 g/mol. The first-order valence-electron chi connectivity index (χ1n) is 7.28. The fraction of sp³-hybridized carbons (Fsp3) is 0.105. The molecule has 3 rings (SSSR count). The number of carbonyl (C=O) groups excluding carboxylic acids is 1. The van der Waals surface area contributed by atoms with Gasteiger partial charge in [0, 0.05) is 17.3 Å². The fourth-order valence-corrected chi connectivity index (χ4v) is 2.57. The lowest BCUT2D eigenvalue weighted by atomic mass is 10.0. The molecular formula is C19H18N2O. The summed E-state index contributed by atoms with van der Waals surface area (Å²) in [5.74, 6) is -0.415.